The fourth-order valence-electron chi connectivity index (χ4n) is 2.99. The van der Waals surface area contributed by atoms with E-state index in [2.05, 4.69) is 5.10 Å². The standard InChI is InChI=1S/C17H22N4O3S/c1-14-17(13-20(18-14)12-16-6-4-3-5-7-16)25(23,24)21-10-8-19(9-11-21)15(2)22/h3-7,13H,8-12H2,1-2H3. The Morgan fingerprint density at radius 3 is 2.36 bits per heavy atom. The molecule has 1 aromatic carbocycles. The Hall–Kier alpha value is -2.19. The minimum Gasteiger partial charge on any atom is -0.340 e. The van der Waals surface area contributed by atoms with Gasteiger partial charge in [-0.3, -0.25) is 9.48 Å². The number of sulfonamides is 1. The van der Waals surface area contributed by atoms with Crippen molar-refractivity contribution in [3.8, 4) is 0 Å². The summed E-state index contributed by atoms with van der Waals surface area (Å²) in [4.78, 5) is 13.3. The predicted molar refractivity (Wildman–Crippen MR) is 93.5 cm³/mol. The van der Waals surface area contributed by atoms with Crippen LogP contribution in [0.25, 0.3) is 0 Å². The lowest BCUT2D eigenvalue weighted by Gasteiger charge is -2.33. The minimum atomic E-state index is -3.60. The molecular weight excluding hydrogens is 340 g/mol. The van der Waals surface area contributed by atoms with E-state index in [-0.39, 0.29) is 10.8 Å². The van der Waals surface area contributed by atoms with E-state index >= 15 is 0 Å². The molecule has 0 bridgehead atoms. The van der Waals surface area contributed by atoms with E-state index in [1.807, 2.05) is 30.3 Å². The Bertz CT molecular complexity index is 853. The fourth-order valence-corrected chi connectivity index (χ4v) is 4.58. The Balaban J connectivity index is 1.78. The van der Waals surface area contributed by atoms with Crippen molar-refractivity contribution in [2.24, 2.45) is 0 Å². The van der Waals surface area contributed by atoms with Gasteiger partial charge >= 0.3 is 0 Å². The molecule has 0 unspecified atom stereocenters. The van der Waals surface area contributed by atoms with Crippen LogP contribution in [-0.2, 0) is 21.4 Å². The van der Waals surface area contributed by atoms with Crippen molar-refractivity contribution in [3.63, 3.8) is 0 Å². The maximum atomic E-state index is 12.9. The number of carbonyl (C=O) groups excluding carboxylic acids is 1. The van der Waals surface area contributed by atoms with Crippen LogP contribution in [0.2, 0.25) is 0 Å². The van der Waals surface area contributed by atoms with Gasteiger partial charge in [-0.05, 0) is 12.5 Å². The molecule has 7 nitrogen and oxygen atoms in total. The summed E-state index contributed by atoms with van der Waals surface area (Å²) in [5.41, 5.74) is 1.55. The summed E-state index contributed by atoms with van der Waals surface area (Å²) in [5, 5.41) is 4.36. The van der Waals surface area contributed by atoms with Crippen LogP contribution in [0.1, 0.15) is 18.2 Å². The molecule has 1 aromatic heterocycles. The number of rotatable bonds is 4. The lowest BCUT2D eigenvalue weighted by molar-refractivity contribution is -0.129. The molecule has 25 heavy (non-hydrogen) atoms. The van der Waals surface area contributed by atoms with Crippen molar-refractivity contribution >= 4 is 15.9 Å². The fraction of sp³-hybridized carbons (Fsp3) is 0.412. The molecule has 134 valence electrons. The Morgan fingerprint density at radius 2 is 1.76 bits per heavy atom. The van der Waals surface area contributed by atoms with Gasteiger partial charge < -0.3 is 4.90 Å². The Morgan fingerprint density at radius 1 is 1.12 bits per heavy atom. The highest BCUT2D eigenvalue weighted by atomic mass is 32.2. The smallest absolute Gasteiger partial charge is 0.246 e. The lowest BCUT2D eigenvalue weighted by Crippen LogP contribution is -2.49. The molecule has 1 amide bonds. The summed E-state index contributed by atoms with van der Waals surface area (Å²) in [6.07, 6.45) is 1.59. The van der Waals surface area contributed by atoms with Crippen LogP contribution in [0.5, 0.6) is 0 Å². The second-order valence-electron chi connectivity index (χ2n) is 6.17. The number of piperazine rings is 1. The average molecular weight is 362 g/mol. The first-order valence-corrected chi connectivity index (χ1v) is 9.65. The Kier molecular flexibility index (Phi) is 4.91. The number of benzene rings is 1. The first-order valence-electron chi connectivity index (χ1n) is 8.21. The molecule has 0 N–H and O–H groups in total. The topological polar surface area (TPSA) is 75.5 Å². The van der Waals surface area contributed by atoms with E-state index in [9.17, 15) is 13.2 Å². The van der Waals surface area contributed by atoms with Gasteiger partial charge in [-0.1, -0.05) is 30.3 Å². The summed E-state index contributed by atoms with van der Waals surface area (Å²) in [6.45, 7) is 5.20. The molecule has 0 radical (unpaired) electrons. The average Bonchev–Trinajstić information content (AvgIpc) is 2.97. The number of nitrogens with zero attached hydrogens (tertiary/aromatic N) is 4. The zero-order valence-corrected chi connectivity index (χ0v) is 15.2. The molecule has 0 atom stereocenters. The molecule has 1 fully saturated rings. The third-order valence-electron chi connectivity index (χ3n) is 4.39. The molecule has 0 aliphatic carbocycles. The highest BCUT2D eigenvalue weighted by Crippen LogP contribution is 2.21. The van der Waals surface area contributed by atoms with Gasteiger partial charge in [0, 0.05) is 39.3 Å². The van der Waals surface area contributed by atoms with Gasteiger partial charge in [-0.15, -0.1) is 0 Å². The number of aryl methyl sites for hydroxylation is 1. The molecule has 2 aromatic rings. The molecule has 8 heteroatoms. The largest absolute Gasteiger partial charge is 0.340 e. The number of amides is 1. The van der Waals surface area contributed by atoms with E-state index in [1.165, 1.54) is 11.2 Å². The second-order valence-corrected chi connectivity index (χ2v) is 8.08. The van der Waals surface area contributed by atoms with Crippen molar-refractivity contribution in [2.45, 2.75) is 25.3 Å². The molecular formula is C17H22N4O3S. The molecule has 2 heterocycles. The van der Waals surface area contributed by atoms with Gasteiger partial charge in [-0.2, -0.15) is 9.40 Å². The predicted octanol–water partition coefficient (Wildman–Crippen LogP) is 1.09. The highest BCUT2D eigenvalue weighted by molar-refractivity contribution is 7.89. The summed E-state index contributed by atoms with van der Waals surface area (Å²) in [7, 11) is -3.60. The highest BCUT2D eigenvalue weighted by Gasteiger charge is 2.31. The SMILES string of the molecule is CC(=O)N1CCN(S(=O)(=O)c2cn(Cc3ccccc3)nc2C)CC1. The van der Waals surface area contributed by atoms with Crippen LogP contribution < -0.4 is 0 Å². The van der Waals surface area contributed by atoms with Crippen LogP contribution in [0.3, 0.4) is 0 Å². The van der Waals surface area contributed by atoms with E-state index in [4.69, 9.17) is 0 Å². The van der Waals surface area contributed by atoms with Gasteiger partial charge in [0.05, 0.1) is 12.2 Å². The van der Waals surface area contributed by atoms with Crippen molar-refractivity contribution in [2.75, 3.05) is 26.2 Å². The summed E-state index contributed by atoms with van der Waals surface area (Å²) in [6, 6.07) is 9.78. The van der Waals surface area contributed by atoms with Crippen LogP contribution >= 0.6 is 0 Å². The maximum Gasteiger partial charge on any atom is 0.246 e. The van der Waals surface area contributed by atoms with Gasteiger partial charge in [0.2, 0.25) is 15.9 Å². The van der Waals surface area contributed by atoms with Crippen molar-refractivity contribution in [3.05, 3.63) is 47.8 Å². The van der Waals surface area contributed by atoms with Gasteiger partial charge in [0.25, 0.3) is 0 Å². The van der Waals surface area contributed by atoms with Crippen molar-refractivity contribution in [1.29, 1.82) is 0 Å². The van der Waals surface area contributed by atoms with Crippen LogP contribution in [0.15, 0.2) is 41.4 Å². The number of hydrogen-bond acceptors (Lipinski definition) is 4. The van der Waals surface area contributed by atoms with E-state index < -0.39 is 10.0 Å². The molecule has 0 saturated carbocycles. The molecule has 1 saturated heterocycles. The number of hydrogen-bond donors (Lipinski definition) is 0. The van der Waals surface area contributed by atoms with E-state index in [1.54, 1.807) is 22.7 Å². The molecule has 1 aliphatic heterocycles. The lowest BCUT2D eigenvalue weighted by atomic mass is 10.2. The first-order chi connectivity index (χ1) is 11.9. The van der Waals surface area contributed by atoms with Gasteiger partial charge in [-0.25, -0.2) is 8.42 Å². The van der Waals surface area contributed by atoms with Crippen LogP contribution in [-0.4, -0.2) is 59.5 Å². The minimum absolute atomic E-state index is 0.0242. The van der Waals surface area contributed by atoms with E-state index in [0.29, 0.717) is 38.4 Å². The summed E-state index contributed by atoms with van der Waals surface area (Å²) >= 11 is 0. The molecule has 1 aliphatic rings. The second kappa shape index (κ2) is 6.97. The number of aromatic nitrogens is 2. The number of carbonyl (C=O) groups is 1. The summed E-state index contributed by atoms with van der Waals surface area (Å²) in [5.74, 6) is -0.0242. The Labute approximate surface area is 147 Å². The van der Waals surface area contributed by atoms with Gasteiger partial charge in [0.15, 0.2) is 0 Å². The zero-order valence-electron chi connectivity index (χ0n) is 14.4. The monoisotopic (exact) mass is 362 g/mol. The summed E-state index contributed by atoms with van der Waals surface area (Å²) < 4.78 is 28.9. The maximum absolute atomic E-state index is 12.9. The van der Waals surface area contributed by atoms with Crippen LogP contribution in [0, 0.1) is 6.92 Å². The molecule has 3 rings (SSSR count). The van der Waals surface area contributed by atoms with E-state index in [0.717, 1.165) is 5.56 Å². The zero-order chi connectivity index (χ0) is 18.0. The van der Waals surface area contributed by atoms with Gasteiger partial charge in [0.1, 0.15) is 4.90 Å². The van der Waals surface area contributed by atoms with Crippen molar-refractivity contribution in [1.82, 2.24) is 19.0 Å². The normalized spacial score (nSPS) is 16.2. The molecule has 0 spiro atoms. The van der Waals surface area contributed by atoms with Crippen LogP contribution in [0.4, 0.5) is 0 Å². The first kappa shape index (κ1) is 17.6. The quantitative estimate of drug-likeness (QED) is 0.816. The van der Waals surface area contributed by atoms with Crippen molar-refractivity contribution < 1.29 is 13.2 Å². The third kappa shape index (κ3) is 3.74. The third-order valence-corrected chi connectivity index (χ3v) is 6.39.